The predicted octanol–water partition coefficient (Wildman–Crippen LogP) is 3.62. The number of rotatable bonds is 5. The van der Waals surface area contributed by atoms with Crippen molar-refractivity contribution in [2.24, 2.45) is 5.92 Å². The van der Waals surface area contributed by atoms with Gasteiger partial charge in [-0.3, -0.25) is 19.3 Å². The lowest BCUT2D eigenvalue weighted by Gasteiger charge is -2.30. The molecule has 0 aromatic heterocycles. The quantitative estimate of drug-likeness (QED) is 0.405. The number of nitrogens with zero attached hydrogens (tertiary/aromatic N) is 2. The molecule has 0 radical (unpaired) electrons. The second-order valence-corrected chi connectivity index (χ2v) is 14.0. The fourth-order valence-corrected chi connectivity index (χ4v) is 6.66. The van der Waals surface area contributed by atoms with Crippen LogP contribution < -0.4 is 16.0 Å². The van der Waals surface area contributed by atoms with E-state index in [4.69, 9.17) is 9.47 Å². The van der Waals surface area contributed by atoms with Crippen LogP contribution in [0.1, 0.15) is 76.8 Å². The molecule has 262 valence electrons. The highest BCUT2D eigenvalue weighted by Gasteiger charge is 2.61. The van der Waals surface area contributed by atoms with E-state index in [1.54, 1.807) is 32.9 Å². The molecule has 1 saturated carbocycles. The van der Waals surface area contributed by atoms with Gasteiger partial charge in [-0.05, 0) is 58.1 Å². The largest absolute Gasteiger partial charge is 0.444 e. The number of hydrogen-bond donors (Lipinski definition) is 3. The zero-order valence-corrected chi connectivity index (χ0v) is 27.7. The minimum Gasteiger partial charge on any atom is -0.444 e. The SMILES string of the molecule is CC(C)(C)OC(=O)N[C@H]1CCCCC/C=C\[C@@H]2C[C@@]2(C(=O)NCCF)NC(=O)[C@@H]2C[C@@H](OC(=O)N3Cc4cccc(F)c4C3)CN2C1=O. The van der Waals surface area contributed by atoms with Gasteiger partial charge in [-0.2, -0.15) is 0 Å². The Balaban J connectivity index is 1.38. The van der Waals surface area contributed by atoms with Crippen LogP contribution in [-0.2, 0) is 36.9 Å². The van der Waals surface area contributed by atoms with E-state index in [2.05, 4.69) is 16.0 Å². The van der Waals surface area contributed by atoms with Gasteiger partial charge in [-0.25, -0.2) is 18.4 Å². The number of fused-ring (bicyclic) bond motifs is 3. The molecular weight excluding hydrogens is 628 g/mol. The van der Waals surface area contributed by atoms with Crippen LogP contribution in [-0.4, -0.2) is 88.8 Å². The lowest BCUT2D eigenvalue weighted by Crippen LogP contribution is -2.58. The van der Waals surface area contributed by atoms with Crippen molar-refractivity contribution in [1.29, 1.82) is 0 Å². The van der Waals surface area contributed by atoms with Crippen LogP contribution in [0, 0.1) is 11.7 Å². The van der Waals surface area contributed by atoms with Crippen molar-refractivity contribution in [2.45, 2.75) is 108 Å². The molecule has 4 aliphatic rings. The monoisotopic (exact) mass is 673 g/mol. The standard InChI is InChI=1S/C34H45F2N5O7/c1-33(2,3)48-31(45)38-26-13-8-6-4-5-7-11-22-17-34(22,30(44)37-15-14-35)39-28(42)27-16-23(19-41(27)29(26)43)47-32(46)40-18-21-10-9-12-25(36)24(21)20-40/h7,9-12,22-23,26-27H,4-6,8,13-20H2,1-3H3,(H,37,44)(H,38,45)(H,39,42)/b11-7-/t22-,23-,26+,27+,34-/m1/s1. The molecule has 0 unspecified atom stereocenters. The summed E-state index contributed by atoms with van der Waals surface area (Å²) in [6.07, 6.45) is 4.86. The van der Waals surface area contributed by atoms with E-state index in [9.17, 15) is 32.8 Å². The number of alkyl halides is 1. The second-order valence-electron chi connectivity index (χ2n) is 14.0. The summed E-state index contributed by atoms with van der Waals surface area (Å²) >= 11 is 0. The highest BCUT2D eigenvalue weighted by molar-refractivity contribution is 5.98. The average Bonchev–Trinajstić information content (AvgIpc) is 3.33. The molecule has 5 rings (SSSR count). The van der Waals surface area contributed by atoms with Gasteiger partial charge in [0.2, 0.25) is 17.7 Å². The van der Waals surface area contributed by atoms with Crippen LogP contribution >= 0.6 is 0 Å². The number of carbonyl (C=O) groups excluding carboxylic acids is 5. The van der Waals surface area contributed by atoms with Crippen LogP contribution in [0.15, 0.2) is 30.4 Å². The number of nitrogens with one attached hydrogen (secondary N) is 3. The summed E-state index contributed by atoms with van der Waals surface area (Å²) in [5.74, 6) is -2.43. The van der Waals surface area contributed by atoms with Gasteiger partial charge in [0.25, 0.3) is 0 Å². The third-order valence-electron chi connectivity index (χ3n) is 9.17. The Morgan fingerprint density at radius 2 is 1.92 bits per heavy atom. The van der Waals surface area contributed by atoms with E-state index >= 15 is 0 Å². The molecule has 12 nitrogen and oxygen atoms in total. The van der Waals surface area contributed by atoms with Crippen LogP contribution in [0.25, 0.3) is 0 Å². The molecule has 3 aliphatic heterocycles. The number of halogens is 2. The van der Waals surface area contributed by atoms with Crippen molar-refractivity contribution < 1.29 is 42.2 Å². The lowest BCUT2D eigenvalue weighted by molar-refractivity contribution is -0.141. The molecule has 3 heterocycles. The zero-order chi connectivity index (χ0) is 34.6. The summed E-state index contributed by atoms with van der Waals surface area (Å²) in [4.78, 5) is 70.1. The van der Waals surface area contributed by atoms with E-state index in [0.29, 0.717) is 24.0 Å². The number of carbonyl (C=O) groups is 5. The molecule has 0 bridgehead atoms. The van der Waals surface area contributed by atoms with Crippen LogP contribution in [0.2, 0.25) is 0 Å². The van der Waals surface area contributed by atoms with Crippen LogP contribution in [0.3, 0.4) is 0 Å². The van der Waals surface area contributed by atoms with E-state index in [0.717, 1.165) is 19.3 Å². The normalized spacial score (nSPS) is 28.1. The van der Waals surface area contributed by atoms with Gasteiger partial charge in [-0.1, -0.05) is 37.1 Å². The number of ether oxygens (including phenoxy) is 2. The van der Waals surface area contributed by atoms with Gasteiger partial charge in [0.15, 0.2) is 0 Å². The first kappa shape index (κ1) is 35.1. The molecular formula is C34H45F2N5O7. The Kier molecular flexibility index (Phi) is 10.6. The summed E-state index contributed by atoms with van der Waals surface area (Å²) in [5.41, 5.74) is -1.05. The first-order valence-electron chi connectivity index (χ1n) is 16.7. The summed E-state index contributed by atoms with van der Waals surface area (Å²) in [7, 11) is 0. The third-order valence-corrected chi connectivity index (χ3v) is 9.17. The maximum atomic E-state index is 14.3. The van der Waals surface area contributed by atoms with Gasteiger partial charge in [0.1, 0.15) is 41.8 Å². The number of allylic oxidation sites excluding steroid dienone is 1. The molecule has 48 heavy (non-hydrogen) atoms. The number of amides is 5. The molecule has 0 spiro atoms. The molecule has 2 fully saturated rings. The van der Waals surface area contributed by atoms with Crippen molar-refractivity contribution in [3.8, 4) is 0 Å². The van der Waals surface area contributed by atoms with E-state index in [1.165, 1.54) is 15.9 Å². The van der Waals surface area contributed by atoms with E-state index < -0.39 is 71.7 Å². The Morgan fingerprint density at radius 3 is 2.65 bits per heavy atom. The van der Waals surface area contributed by atoms with Gasteiger partial charge < -0.3 is 30.3 Å². The Morgan fingerprint density at radius 1 is 1.12 bits per heavy atom. The lowest BCUT2D eigenvalue weighted by atomic mass is 10.0. The predicted molar refractivity (Wildman–Crippen MR) is 169 cm³/mol. The summed E-state index contributed by atoms with van der Waals surface area (Å²) in [6, 6.07) is 2.46. The summed E-state index contributed by atoms with van der Waals surface area (Å²) in [6.45, 7) is 4.17. The van der Waals surface area contributed by atoms with Gasteiger partial charge in [-0.15, -0.1) is 0 Å². The number of hydrogen-bond acceptors (Lipinski definition) is 7. The Bertz CT molecular complexity index is 1450. The molecule has 14 heteroatoms. The highest BCUT2D eigenvalue weighted by atomic mass is 19.1. The summed E-state index contributed by atoms with van der Waals surface area (Å²) in [5, 5.41) is 8.06. The molecule has 5 atom stereocenters. The minimum absolute atomic E-state index is 0.0212. The zero-order valence-electron chi connectivity index (χ0n) is 27.7. The second kappa shape index (κ2) is 14.5. The number of benzene rings is 1. The van der Waals surface area contributed by atoms with Gasteiger partial charge in [0.05, 0.1) is 13.1 Å². The molecule has 1 aromatic rings. The first-order chi connectivity index (χ1) is 22.8. The Labute approximate surface area is 278 Å². The maximum absolute atomic E-state index is 14.3. The van der Waals surface area contributed by atoms with Crippen molar-refractivity contribution >= 4 is 29.9 Å². The fraction of sp³-hybridized carbons (Fsp3) is 0.618. The minimum atomic E-state index is -1.31. The molecule has 1 aromatic carbocycles. The Hall–Kier alpha value is -4.23. The average molecular weight is 674 g/mol. The molecule has 3 N–H and O–H groups in total. The highest BCUT2D eigenvalue weighted by Crippen LogP contribution is 2.45. The van der Waals surface area contributed by atoms with Crippen LogP contribution in [0.4, 0.5) is 18.4 Å². The fourth-order valence-electron chi connectivity index (χ4n) is 6.66. The number of alkyl carbamates (subject to hydrolysis) is 1. The first-order valence-corrected chi connectivity index (χ1v) is 16.7. The van der Waals surface area contributed by atoms with Crippen molar-refractivity contribution in [1.82, 2.24) is 25.8 Å². The van der Waals surface area contributed by atoms with Crippen molar-refractivity contribution in [3.63, 3.8) is 0 Å². The molecule has 1 saturated heterocycles. The van der Waals surface area contributed by atoms with E-state index in [1.807, 2.05) is 12.2 Å². The topological polar surface area (TPSA) is 146 Å². The molecule has 5 amide bonds. The summed E-state index contributed by atoms with van der Waals surface area (Å²) < 4.78 is 38.5. The third kappa shape index (κ3) is 8.07. The van der Waals surface area contributed by atoms with Crippen LogP contribution in [0.5, 0.6) is 0 Å². The van der Waals surface area contributed by atoms with Crippen molar-refractivity contribution in [3.05, 3.63) is 47.3 Å². The maximum Gasteiger partial charge on any atom is 0.410 e. The van der Waals surface area contributed by atoms with Gasteiger partial charge >= 0.3 is 12.2 Å². The van der Waals surface area contributed by atoms with Crippen molar-refractivity contribution in [2.75, 3.05) is 19.8 Å². The molecule has 1 aliphatic carbocycles. The van der Waals surface area contributed by atoms with E-state index in [-0.39, 0.29) is 44.9 Å². The smallest absolute Gasteiger partial charge is 0.410 e. The van der Waals surface area contributed by atoms with Gasteiger partial charge in [0, 0.05) is 31.0 Å².